The van der Waals surface area contributed by atoms with E-state index in [0.717, 1.165) is 36.4 Å². The maximum Gasteiger partial charge on any atom is 0.145 e. The van der Waals surface area contributed by atoms with Crippen molar-refractivity contribution in [3.05, 3.63) is 30.1 Å². The van der Waals surface area contributed by atoms with Crippen LogP contribution in [0.2, 0.25) is 0 Å². The SMILES string of the molecule is Nc1nc(CN2CCCCCCC2)nc2ccccc12. The standard InChI is InChI=1S/C16H22N4/c17-16-13-8-4-5-9-14(13)18-15(19-16)12-20-10-6-2-1-3-7-11-20/h4-5,8-9H,1-3,6-7,10-12H2,(H2,17,18,19). The summed E-state index contributed by atoms with van der Waals surface area (Å²) in [6, 6.07) is 7.95. The molecular formula is C16H22N4. The molecule has 0 radical (unpaired) electrons. The van der Waals surface area contributed by atoms with Crippen LogP contribution >= 0.6 is 0 Å². The zero-order valence-electron chi connectivity index (χ0n) is 11.9. The largest absolute Gasteiger partial charge is 0.383 e. The normalized spacial score (nSPS) is 17.8. The summed E-state index contributed by atoms with van der Waals surface area (Å²) < 4.78 is 0. The summed E-state index contributed by atoms with van der Waals surface area (Å²) in [6.07, 6.45) is 6.63. The van der Waals surface area contributed by atoms with Gasteiger partial charge in [0.2, 0.25) is 0 Å². The summed E-state index contributed by atoms with van der Waals surface area (Å²) in [5.41, 5.74) is 6.99. The minimum absolute atomic E-state index is 0.595. The summed E-state index contributed by atoms with van der Waals surface area (Å²) in [5.74, 6) is 1.44. The van der Waals surface area contributed by atoms with Crippen LogP contribution in [0.25, 0.3) is 10.9 Å². The predicted octanol–water partition coefficient (Wildman–Crippen LogP) is 2.98. The van der Waals surface area contributed by atoms with Gasteiger partial charge >= 0.3 is 0 Å². The highest BCUT2D eigenvalue weighted by Crippen LogP contribution is 2.18. The van der Waals surface area contributed by atoms with Gasteiger partial charge in [-0.1, -0.05) is 31.4 Å². The van der Waals surface area contributed by atoms with E-state index in [4.69, 9.17) is 5.73 Å². The molecule has 1 saturated heterocycles. The fraction of sp³-hybridized carbons (Fsp3) is 0.500. The van der Waals surface area contributed by atoms with Gasteiger partial charge in [-0.15, -0.1) is 0 Å². The molecule has 106 valence electrons. The van der Waals surface area contributed by atoms with Crippen molar-refractivity contribution < 1.29 is 0 Å². The minimum atomic E-state index is 0.595. The molecule has 3 rings (SSSR count). The molecule has 2 N–H and O–H groups in total. The van der Waals surface area contributed by atoms with Gasteiger partial charge < -0.3 is 5.73 Å². The summed E-state index contributed by atoms with van der Waals surface area (Å²) in [6.45, 7) is 3.11. The molecule has 0 bridgehead atoms. The van der Waals surface area contributed by atoms with Crippen molar-refractivity contribution in [2.24, 2.45) is 0 Å². The van der Waals surface area contributed by atoms with Gasteiger partial charge in [-0.3, -0.25) is 4.90 Å². The van der Waals surface area contributed by atoms with E-state index < -0.39 is 0 Å². The maximum absolute atomic E-state index is 6.05. The average molecular weight is 270 g/mol. The van der Waals surface area contributed by atoms with Crippen LogP contribution in [0.1, 0.15) is 37.9 Å². The quantitative estimate of drug-likeness (QED) is 0.911. The molecule has 4 heteroatoms. The van der Waals surface area contributed by atoms with E-state index in [0.29, 0.717) is 5.82 Å². The summed E-state index contributed by atoms with van der Waals surface area (Å²) in [4.78, 5) is 11.6. The van der Waals surface area contributed by atoms with Gasteiger partial charge in [0.15, 0.2) is 0 Å². The molecule has 1 fully saturated rings. The molecular weight excluding hydrogens is 248 g/mol. The van der Waals surface area contributed by atoms with Gasteiger partial charge in [0.25, 0.3) is 0 Å². The van der Waals surface area contributed by atoms with Crippen molar-refractivity contribution in [1.29, 1.82) is 0 Å². The molecule has 1 aliphatic rings. The van der Waals surface area contributed by atoms with Gasteiger partial charge in [-0.05, 0) is 38.1 Å². The number of nitrogens with zero attached hydrogens (tertiary/aromatic N) is 3. The van der Waals surface area contributed by atoms with Crippen molar-refractivity contribution >= 4 is 16.7 Å². The Bertz CT molecular complexity index is 574. The first kappa shape index (κ1) is 13.3. The van der Waals surface area contributed by atoms with Crippen LogP contribution in [-0.2, 0) is 6.54 Å². The number of benzene rings is 1. The van der Waals surface area contributed by atoms with Gasteiger partial charge in [-0.2, -0.15) is 0 Å². The number of nitrogen functional groups attached to an aromatic ring is 1. The smallest absolute Gasteiger partial charge is 0.145 e. The molecule has 4 nitrogen and oxygen atoms in total. The summed E-state index contributed by atoms with van der Waals surface area (Å²) in [7, 11) is 0. The van der Waals surface area contributed by atoms with Gasteiger partial charge in [0, 0.05) is 5.39 Å². The lowest BCUT2D eigenvalue weighted by Crippen LogP contribution is -2.28. The number of hydrogen-bond acceptors (Lipinski definition) is 4. The zero-order valence-corrected chi connectivity index (χ0v) is 11.9. The van der Waals surface area contributed by atoms with Crippen LogP contribution in [-0.4, -0.2) is 28.0 Å². The molecule has 1 aliphatic heterocycles. The monoisotopic (exact) mass is 270 g/mol. The van der Waals surface area contributed by atoms with Crippen molar-refractivity contribution in [3.63, 3.8) is 0 Å². The number of aromatic nitrogens is 2. The number of likely N-dealkylation sites (tertiary alicyclic amines) is 1. The Kier molecular flexibility index (Phi) is 4.11. The third kappa shape index (κ3) is 3.07. The van der Waals surface area contributed by atoms with E-state index in [1.165, 1.54) is 32.1 Å². The van der Waals surface area contributed by atoms with Crippen LogP contribution in [0.15, 0.2) is 24.3 Å². The molecule has 0 atom stereocenters. The molecule has 2 heterocycles. The number of rotatable bonds is 2. The minimum Gasteiger partial charge on any atom is -0.383 e. The second-order valence-corrected chi connectivity index (χ2v) is 5.59. The maximum atomic E-state index is 6.05. The Morgan fingerprint density at radius 2 is 1.65 bits per heavy atom. The van der Waals surface area contributed by atoms with E-state index >= 15 is 0 Å². The topological polar surface area (TPSA) is 55.0 Å². The fourth-order valence-electron chi connectivity index (χ4n) is 2.89. The van der Waals surface area contributed by atoms with Crippen LogP contribution in [0.5, 0.6) is 0 Å². The zero-order chi connectivity index (χ0) is 13.8. The van der Waals surface area contributed by atoms with Crippen LogP contribution in [0, 0.1) is 0 Å². The predicted molar refractivity (Wildman–Crippen MR) is 82.3 cm³/mol. The highest BCUT2D eigenvalue weighted by atomic mass is 15.1. The number of fused-ring (bicyclic) bond motifs is 1. The third-order valence-corrected chi connectivity index (χ3v) is 3.99. The number of hydrogen-bond donors (Lipinski definition) is 1. The Balaban J connectivity index is 1.79. The van der Waals surface area contributed by atoms with E-state index in [2.05, 4.69) is 14.9 Å². The molecule has 0 aliphatic carbocycles. The summed E-state index contributed by atoms with van der Waals surface area (Å²) >= 11 is 0. The van der Waals surface area contributed by atoms with E-state index in [1.807, 2.05) is 24.3 Å². The fourth-order valence-corrected chi connectivity index (χ4v) is 2.89. The average Bonchev–Trinajstić information content (AvgIpc) is 2.42. The highest BCUT2D eigenvalue weighted by Gasteiger charge is 2.11. The lowest BCUT2D eigenvalue weighted by molar-refractivity contribution is 0.235. The molecule has 0 amide bonds. The number of para-hydroxylation sites is 1. The molecule has 1 aromatic heterocycles. The Labute approximate surface area is 120 Å². The molecule has 0 saturated carbocycles. The Morgan fingerprint density at radius 3 is 2.45 bits per heavy atom. The number of anilines is 1. The highest BCUT2D eigenvalue weighted by molar-refractivity contribution is 5.87. The Morgan fingerprint density at radius 1 is 0.950 bits per heavy atom. The van der Waals surface area contributed by atoms with Crippen LogP contribution in [0.3, 0.4) is 0 Å². The first-order chi connectivity index (χ1) is 9.83. The number of nitrogens with two attached hydrogens (primary N) is 1. The van der Waals surface area contributed by atoms with Gasteiger partial charge in [0.05, 0.1) is 12.1 Å². The van der Waals surface area contributed by atoms with Crippen molar-refractivity contribution in [2.45, 2.75) is 38.6 Å². The molecule has 0 unspecified atom stereocenters. The lowest BCUT2D eigenvalue weighted by atomic mass is 10.1. The van der Waals surface area contributed by atoms with Crippen LogP contribution < -0.4 is 5.73 Å². The lowest BCUT2D eigenvalue weighted by Gasteiger charge is -2.23. The first-order valence-electron chi connectivity index (χ1n) is 7.56. The van der Waals surface area contributed by atoms with E-state index in [1.54, 1.807) is 0 Å². The van der Waals surface area contributed by atoms with Gasteiger partial charge in [-0.25, -0.2) is 9.97 Å². The molecule has 1 aromatic carbocycles. The van der Waals surface area contributed by atoms with Crippen LogP contribution in [0.4, 0.5) is 5.82 Å². The van der Waals surface area contributed by atoms with Gasteiger partial charge in [0.1, 0.15) is 11.6 Å². The first-order valence-corrected chi connectivity index (χ1v) is 7.56. The molecule has 2 aromatic rings. The van der Waals surface area contributed by atoms with Crippen molar-refractivity contribution in [2.75, 3.05) is 18.8 Å². The second-order valence-electron chi connectivity index (χ2n) is 5.59. The van der Waals surface area contributed by atoms with Crippen molar-refractivity contribution in [3.8, 4) is 0 Å². The molecule has 20 heavy (non-hydrogen) atoms. The second kappa shape index (κ2) is 6.18. The Hall–Kier alpha value is -1.68. The molecule has 0 spiro atoms. The van der Waals surface area contributed by atoms with E-state index in [9.17, 15) is 0 Å². The third-order valence-electron chi connectivity index (χ3n) is 3.99. The van der Waals surface area contributed by atoms with Crippen molar-refractivity contribution in [1.82, 2.24) is 14.9 Å². The van der Waals surface area contributed by atoms with E-state index in [-0.39, 0.29) is 0 Å². The summed E-state index contributed by atoms with van der Waals surface area (Å²) in [5, 5.41) is 0.948.